The van der Waals surface area contributed by atoms with E-state index < -0.39 is 18.0 Å². The van der Waals surface area contributed by atoms with Crippen LogP contribution in [-0.4, -0.2) is 40.2 Å². The number of anilines is 1. The van der Waals surface area contributed by atoms with E-state index in [1.807, 2.05) is 6.07 Å². The Bertz CT molecular complexity index is 598. The number of aliphatic carboxylic acids is 1. The highest BCUT2D eigenvalue weighted by Crippen LogP contribution is 2.11. The first-order valence-electron chi connectivity index (χ1n) is 6.37. The zero-order chi connectivity index (χ0) is 15.2. The molecule has 0 bridgehead atoms. The molecule has 3 N–H and O–H groups in total. The highest BCUT2D eigenvalue weighted by molar-refractivity contribution is 5.94. The van der Waals surface area contributed by atoms with Crippen LogP contribution in [0.3, 0.4) is 0 Å². The molecule has 1 aromatic carbocycles. The molecule has 7 nitrogen and oxygen atoms in total. The number of imidazole rings is 1. The molecule has 21 heavy (non-hydrogen) atoms. The van der Waals surface area contributed by atoms with Crippen LogP contribution in [0.25, 0.3) is 0 Å². The highest BCUT2D eigenvalue weighted by Gasteiger charge is 2.23. The second-order valence-electron chi connectivity index (χ2n) is 4.52. The Kier molecular flexibility index (Phi) is 4.55. The number of hydrogen-bond donors (Lipinski definition) is 3. The van der Waals surface area contributed by atoms with Gasteiger partial charge >= 0.3 is 12.0 Å². The lowest BCUT2D eigenvalue weighted by molar-refractivity contribution is -0.139. The number of benzene rings is 1. The van der Waals surface area contributed by atoms with E-state index >= 15 is 0 Å². The van der Waals surface area contributed by atoms with Gasteiger partial charge in [0, 0.05) is 31.0 Å². The van der Waals surface area contributed by atoms with Crippen molar-refractivity contribution in [1.29, 1.82) is 0 Å². The number of carbonyl (C=O) groups is 2. The first-order chi connectivity index (χ1) is 10.1. The van der Waals surface area contributed by atoms with Crippen LogP contribution in [0.5, 0.6) is 0 Å². The number of aromatic amines is 1. The van der Waals surface area contributed by atoms with E-state index in [4.69, 9.17) is 0 Å². The number of aromatic nitrogens is 2. The molecule has 7 heteroatoms. The zero-order valence-corrected chi connectivity index (χ0v) is 11.5. The predicted octanol–water partition coefficient (Wildman–Crippen LogP) is 1.25. The number of rotatable bonds is 5. The zero-order valence-electron chi connectivity index (χ0n) is 11.5. The molecule has 0 fully saturated rings. The van der Waals surface area contributed by atoms with Gasteiger partial charge in [-0.3, -0.25) is 4.90 Å². The molecule has 0 spiro atoms. The molecule has 110 valence electrons. The topological polar surface area (TPSA) is 98.3 Å². The number of nitrogens with zero attached hydrogens (tertiary/aromatic N) is 2. The van der Waals surface area contributed by atoms with Crippen LogP contribution < -0.4 is 10.2 Å². The molecule has 1 unspecified atom stereocenters. The van der Waals surface area contributed by atoms with Crippen LogP contribution in [0.15, 0.2) is 42.9 Å². The number of carboxylic acid groups (broad SMARTS) is 1. The second-order valence-corrected chi connectivity index (χ2v) is 4.52. The Labute approximate surface area is 121 Å². The van der Waals surface area contributed by atoms with Gasteiger partial charge in [0.05, 0.1) is 6.33 Å². The number of carbonyl (C=O) groups excluding carboxylic acids is 1. The van der Waals surface area contributed by atoms with Crippen LogP contribution in [0, 0.1) is 0 Å². The third-order valence-corrected chi connectivity index (χ3v) is 3.02. The minimum atomic E-state index is -1.10. The lowest BCUT2D eigenvalue weighted by Gasteiger charge is -2.21. The summed E-state index contributed by atoms with van der Waals surface area (Å²) in [6, 6.07) is 7.48. The molecule has 2 aromatic rings. The Balaban J connectivity index is 2.03. The molecule has 0 aliphatic carbocycles. The van der Waals surface area contributed by atoms with Crippen molar-refractivity contribution in [2.45, 2.75) is 12.5 Å². The smallest absolute Gasteiger partial charge is 0.326 e. The van der Waals surface area contributed by atoms with Crippen molar-refractivity contribution in [3.63, 3.8) is 0 Å². The van der Waals surface area contributed by atoms with E-state index in [-0.39, 0.29) is 6.42 Å². The van der Waals surface area contributed by atoms with Gasteiger partial charge in [-0.25, -0.2) is 14.6 Å². The summed E-state index contributed by atoms with van der Waals surface area (Å²) in [5.74, 6) is -1.10. The van der Waals surface area contributed by atoms with Crippen molar-refractivity contribution < 1.29 is 14.7 Å². The van der Waals surface area contributed by atoms with Gasteiger partial charge in [0.25, 0.3) is 0 Å². The van der Waals surface area contributed by atoms with E-state index in [2.05, 4.69) is 15.3 Å². The van der Waals surface area contributed by atoms with Gasteiger partial charge in [0.15, 0.2) is 0 Å². The lowest BCUT2D eigenvalue weighted by Crippen LogP contribution is -2.47. The summed E-state index contributed by atoms with van der Waals surface area (Å²) in [7, 11) is 1.58. The van der Waals surface area contributed by atoms with Crippen molar-refractivity contribution in [2.24, 2.45) is 0 Å². The summed E-state index contributed by atoms with van der Waals surface area (Å²) in [4.78, 5) is 31.4. The average molecular weight is 288 g/mol. The van der Waals surface area contributed by atoms with E-state index in [1.165, 1.54) is 17.4 Å². The van der Waals surface area contributed by atoms with Crippen molar-refractivity contribution in [2.75, 3.05) is 11.9 Å². The van der Waals surface area contributed by atoms with Gasteiger partial charge in [0.2, 0.25) is 0 Å². The van der Waals surface area contributed by atoms with E-state index in [1.54, 1.807) is 31.3 Å². The van der Waals surface area contributed by atoms with Crippen LogP contribution in [-0.2, 0) is 11.2 Å². The summed E-state index contributed by atoms with van der Waals surface area (Å²) >= 11 is 0. The third kappa shape index (κ3) is 3.82. The van der Waals surface area contributed by atoms with Crippen molar-refractivity contribution in [3.05, 3.63) is 48.5 Å². The van der Waals surface area contributed by atoms with Gasteiger partial charge in [-0.15, -0.1) is 0 Å². The fourth-order valence-corrected chi connectivity index (χ4v) is 1.83. The van der Waals surface area contributed by atoms with Gasteiger partial charge in [-0.2, -0.15) is 0 Å². The Hall–Kier alpha value is -2.83. The molecule has 0 aliphatic rings. The molecule has 1 aromatic heterocycles. The average Bonchev–Trinajstić information content (AvgIpc) is 2.99. The first kappa shape index (κ1) is 14.6. The SMILES string of the molecule is CN(C(=O)NC(Cc1cnc[nH]1)C(=O)O)c1ccccc1. The molecular weight excluding hydrogens is 272 g/mol. The quantitative estimate of drug-likeness (QED) is 0.771. The number of nitrogens with one attached hydrogen (secondary N) is 2. The van der Waals surface area contributed by atoms with Crippen LogP contribution in [0.2, 0.25) is 0 Å². The normalized spacial score (nSPS) is 11.7. The molecule has 1 heterocycles. The number of carboxylic acids is 1. The van der Waals surface area contributed by atoms with Crippen LogP contribution >= 0.6 is 0 Å². The molecule has 0 saturated heterocycles. The number of hydrogen-bond acceptors (Lipinski definition) is 3. The van der Waals surface area contributed by atoms with E-state index in [0.29, 0.717) is 11.4 Å². The Morgan fingerprint density at radius 1 is 1.38 bits per heavy atom. The summed E-state index contributed by atoms with van der Waals surface area (Å²) in [6.45, 7) is 0. The number of para-hydroxylation sites is 1. The molecule has 2 rings (SSSR count). The molecule has 1 atom stereocenters. The van der Waals surface area contributed by atoms with Crippen molar-refractivity contribution in [1.82, 2.24) is 15.3 Å². The maximum atomic E-state index is 12.1. The van der Waals surface area contributed by atoms with Crippen molar-refractivity contribution in [3.8, 4) is 0 Å². The first-order valence-corrected chi connectivity index (χ1v) is 6.37. The fraction of sp³-hybridized carbons (Fsp3) is 0.214. The lowest BCUT2D eigenvalue weighted by atomic mass is 10.1. The molecular formula is C14H16N4O3. The Morgan fingerprint density at radius 3 is 2.67 bits per heavy atom. The summed E-state index contributed by atoms with van der Waals surface area (Å²) < 4.78 is 0. The van der Waals surface area contributed by atoms with Gasteiger partial charge < -0.3 is 15.4 Å². The maximum absolute atomic E-state index is 12.1. The molecule has 2 amide bonds. The molecule has 0 radical (unpaired) electrons. The number of amides is 2. The second kappa shape index (κ2) is 6.56. The standard InChI is InChI=1S/C14H16N4O3/c1-18(11-5-3-2-4-6-11)14(21)17-12(13(19)20)7-10-8-15-9-16-10/h2-6,8-9,12H,7H2,1H3,(H,15,16)(H,17,21)(H,19,20). The molecule has 0 saturated carbocycles. The van der Waals surface area contributed by atoms with Crippen LogP contribution in [0.1, 0.15) is 5.69 Å². The van der Waals surface area contributed by atoms with Gasteiger partial charge in [-0.05, 0) is 12.1 Å². The van der Waals surface area contributed by atoms with Crippen molar-refractivity contribution >= 4 is 17.7 Å². The third-order valence-electron chi connectivity index (χ3n) is 3.02. The molecule has 0 aliphatic heterocycles. The largest absolute Gasteiger partial charge is 0.480 e. The summed E-state index contributed by atoms with van der Waals surface area (Å²) in [5.41, 5.74) is 1.32. The maximum Gasteiger partial charge on any atom is 0.326 e. The monoisotopic (exact) mass is 288 g/mol. The minimum absolute atomic E-state index is 0.143. The highest BCUT2D eigenvalue weighted by atomic mass is 16.4. The summed E-state index contributed by atoms with van der Waals surface area (Å²) in [5, 5.41) is 11.7. The van der Waals surface area contributed by atoms with Crippen LogP contribution in [0.4, 0.5) is 10.5 Å². The fourth-order valence-electron chi connectivity index (χ4n) is 1.83. The minimum Gasteiger partial charge on any atom is -0.480 e. The van der Waals surface area contributed by atoms with E-state index in [9.17, 15) is 14.7 Å². The van der Waals surface area contributed by atoms with E-state index in [0.717, 1.165) is 0 Å². The number of H-pyrrole nitrogens is 1. The number of urea groups is 1. The van der Waals surface area contributed by atoms with Gasteiger partial charge in [0.1, 0.15) is 6.04 Å². The summed E-state index contributed by atoms with van der Waals surface area (Å²) in [6.07, 6.45) is 3.14. The van der Waals surface area contributed by atoms with Gasteiger partial charge in [-0.1, -0.05) is 18.2 Å². The Morgan fingerprint density at radius 2 is 2.10 bits per heavy atom. The predicted molar refractivity (Wildman–Crippen MR) is 77.1 cm³/mol.